The number of hydrogen-bond acceptors (Lipinski definition) is 5. The second kappa shape index (κ2) is 8.08. The molecule has 1 aliphatic rings. The van der Waals surface area contributed by atoms with Crippen LogP contribution in [0.25, 0.3) is 0 Å². The second-order valence-corrected chi connectivity index (χ2v) is 5.86. The van der Waals surface area contributed by atoms with E-state index < -0.39 is 6.10 Å². The van der Waals surface area contributed by atoms with Crippen molar-refractivity contribution in [2.24, 2.45) is 0 Å². The van der Waals surface area contributed by atoms with Crippen molar-refractivity contribution in [3.8, 4) is 5.75 Å². The van der Waals surface area contributed by atoms with Gasteiger partial charge in [0.1, 0.15) is 18.5 Å². The number of ketones is 1. The fourth-order valence-corrected chi connectivity index (χ4v) is 2.59. The molecule has 1 aliphatic heterocycles. The number of benzene rings is 1. The Morgan fingerprint density at radius 3 is 2.52 bits per heavy atom. The molecule has 6 nitrogen and oxygen atoms in total. The molecule has 23 heavy (non-hydrogen) atoms. The highest BCUT2D eigenvalue weighted by atomic mass is 16.5. The summed E-state index contributed by atoms with van der Waals surface area (Å²) < 4.78 is 5.57. The number of aliphatic hydroxyl groups excluding tert-OH is 1. The van der Waals surface area contributed by atoms with E-state index in [2.05, 4.69) is 4.90 Å². The molecule has 0 unspecified atom stereocenters. The summed E-state index contributed by atoms with van der Waals surface area (Å²) in [6, 6.07) is 6.95. The third-order valence-electron chi connectivity index (χ3n) is 3.97. The van der Waals surface area contributed by atoms with Crippen LogP contribution >= 0.6 is 0 Å². The summed E-state index contributed by atoms with van der Waals surface area (Å²) >= 11 is 0. The summed E-state index contributed by atoms with van der Waals surface area (Å²) in [5, 5.41) is 10.1. The van der Waals surface area contributed by atoms with Crippen LogP contribution in [0.15, 0.2) is 24.3 Å². The Kier molecular flexibility index (Phi) is 6.12. The number of carbonyl (C=O) groups excluding carboxylic acids is 2. The maximum atomic E-state index is 11.3. The number of piperazine rings is 1. The van der Waals surface area contributed by atoms with Crippen molar-refractivity contribution >= 4 is 11.7 Å². The van der Waals surface area contributed by atoms with Crippen molar-refractivity contribution in [2.75, 3.05) is 39.3 Å². The monoisotopic (exact) mass is 320 g/mol. The highest BCUT2D eigenvalue weighted by molar-refractivity contribution is 5.94. The molecule has 0 aromatic heterocycles. The Labute approximate surface area is 136 Å². The molecule has 0 aliphatic carbocycles. The van der Waals surface area contributed by atoms with Gasteiger partial charge in [0.2, 0.25) is 5.91 Å². The lowest BCUT2D eigenvalue weighted by Gasteiger charge is -2.35. The van der Waals surface area contributed by atoms with Gasteiger partial charge < -0.3 is 14.7 Å². The largest absolute Gasteiger partial charge is 0.491 e. The van der Waals surface area contributed by atoms with E-state index in [9.17, 15) is 14.7 Å². The Morgan fingerprint density at radius 2 is 1.91 bits per heavy atom. The van der Waals surface area contributed by atoms with E-state index in [0.29, 0.717) is 30.9 Å². The summed E-state index contributed by atoms with van der Waals surface area (Å²) in [7, 11) is 0. The molecule has 6 heteroatoms. The van der Waals surface area contributed by atoms with E-state index in [-0.39, 0.29) is 18.3 Å². The number of ether oxygens (including phenoxy) is 1. The van der Waals surface area contributed by atoms with Crippen LogP contribution in [0.2, 0.25) is 0 Å². The van der Waals surface area contributed by atoms with Gasteiger partial charge in [-0.15, -0.1) is 0 Å². The first-order chi connectivity index (χ1) is 11.0. The highest BCUT2D eigenvalue weighted by Crippen LogP contribution is 2.14. The van der Waals surface area contributed by atoms with Gasteiger partial charge >= 0.3 is 0 Å². The molecule has 0 saturated carbocycles. The third-order valence-corrected chi connectivity index (χ3v) is 3.97. The van der Waals surface area contributed by atoms with Gasteiger partial charge in [-0.25, -0.2) is 0 Å². The zero-order chi connectivity index (χ0) is 16.8. The molecule has 1 N–H and O–H groups in total. The molecular weight excluding hydrogens is 296 g/mol. The first-order valence-electron chi connectivity index (χ1n) is 7.85. The SMILES string of the molecule is CC(=O)c1cccc(OC[C@H](O)CN2CCN(C(C)=O)CC2)c1. The van der Waals surface area contributed by atoms with Crippen molar-refractivity contribution in [1.29, 1.82) is 0 Å². The predicted octanol–water partition coefficient (Wildman–Crippen LogP) is 0.793. The summed E-state index contributed by atoms with van der Waals surface area (Å²) in [5.74, 6) is 0.663. The quantitative estimate of drug-likeness (QED) is 0.785. The molecule has 0 spiro atoms. The zero-order valence-electron chi connectivity index (χ0n) is 13.7. The van der Waals surface area contributed by atoms with Crippen LogP contribution in [0, 0.1) is 0 Å². The van der Waals surface area contributed by atoms with Crippen molar-refractivity contribution in [3.63, 3.8) is 0 Å². The van der Waals surface area contributed by atoms with E-state index >= 15 is 0 Å². The fourth-order valence-electron chi connectivity index (χ4n) is 2.59. The van der Waals surface area contributed by atoms with Gasteiger partial charge in [-0.05, 0) is 19.1 Å². The van der Waals surface area contributed by atoms with Gasteiger partial charge in [-0.1, -0.05) is 12.1 Å². The molecule has 0 bridgehead atoms. The minimum atomic E-state index is -0.611. The number of Topliss-reactive ketones (excluding diaryl/α,β-unsaturated/α-hetero) is 1. The van der Waals surface area contributed by atoms with E-state index in [1.807, 2.05) is 4.90 Å². The van der Waals surface area contributed by atoms with Crippen LogP contribution in [0.1, 0.15) is 24.2 Å². The minimum Gasteiger partial charge on any atom is -0.491 e. The number of amides is 1. The summed E-state index contributed by atoms with van der Waals surface area (Å²) in [4.78, 5) is 26.5. The lowest BCUT2D eigenvalue weighted by Crippen LogP contribution is -2.50. The van der Waals surface area contributed by atoms with Crippen LogP contribution in [0.4, 0.5) is 0 Å². The van der Waals surface area contributed by atoms with Crippen LogP contribution in [0.3, 0.4) is 0 Å². The Hall–Kier alpha value is -1.92. The molecule has 1 fully saturated rings. The Bertz CT molecular complexity index is 553. The average Bonchev–Trinajstić information content (AvgIpc) is 2.53. The standard InChI is InChI=1S/C17H24N2O4/c1-13(20)15-4-3-5-17(10-15)23-12-16(22)11-18-6-8-19(9-7-18)14(2)21/h3-5,10,16,22H,6-9,11-12H2,1-2H3/t16-/m1/s1. The van der Waals surface area contributed by atoms with Gasteiger partial charge in [-0.2, -0.15) is 0 Å². The Balaban J connectivity index is 1.75. The van der Waals surface area contributed by atoms with Gasteiger partial charge in [0.05, 0.1) is 0 Å². The number of hydrogen-bond donors (Lipinski definition) is 1. The molecule has 1 atom stereocenters. The molecule has 2 rings (SSSR count). The van der Waals surface area contributed by atoms with Gasteiger partial charge in [0.15, 0.2) is 5.78 Å². The summed E-state index contributed by atoms with van der Waals surface area (Å²) in [6.45, 7) is 6.69. The van der Waals surface area contributed by atoms with Crippen molar-refractivity contribution in [3.05, 3.63) is 29.8 Å². The van der Waals surface area contributed by atoms with Gasteiger partial charge in [-0.3, -0.25) is 14.5 Å². The van der Waals surface area contributed by atoms with Crippen LogP contribution < -0.4 is 4.74 Å². The molecule has 1 amide bonds. The lowest BCUT2D eigenvalue weighted by atomic mass is 10.1. The number of carbonyl (C=O) groups is 2. The fraction of sp³-hybridized carbons (Fsp3) is 0.529. The van der Waals surface area contributed by atoms with Gasteiger partial charge in [0.25, 0.3) is 0 Å². The third kappa shape index (κ3) is 5.33. The first kappa shape index (κ1) is 17.4. The molecule has 126 valence electrons. The van der Waals surface area contributed by atoms with Crippen molar-refractivity contribution in [2.45, 2.75) is 20.0 Å². The minimum absolute atomic E-state index is 0.0145. The van der Waals surface area contributed by atoms with Crippen LogP contribution in [-0.4, -0.2) is 72.0 Å². The van der Waals surface area contributed by atoms with Gasteiger partial charge in [0, 0.05) is 45.2 Å². The normalized spacial score (nSPS) is 16.9. The molecule has 1 saturated heterocycles. The lowest BCUT2D eigenvalue weighted by molar-refractivity contribution is -0.130. The first-order valence-corrected chi connectivity index (χ1v) is 7.85. The molecule has 1 aromatic rings. The average molecular weight is 320 g/mol. The van der Waals surface area contributed by atoms with E-state index in [0.717, 1.165) is 13.1 Å². The number of rotatable bonds is 6. The zero-order valence-corrected chi connectivity index (χ0v) is 13.7. The highest BCUT2D eigenvalue weighted by Gasteiger charge is 2.20. The van der Waals surface area contributed by atoms with E-state index in [4.69, 9.17) is 4.74 Å². The smallest absolute Gasteiger partial charge is 0.219 e. The predicted molar refractivity (Wildman–Crippen MR) is 86.6 cm³/mol. The Morgan fingerprint density at radius 1 is 1.22 bits per heavy atom. The van der Waals surface area contributed by atoms with E-state index in [1.54, 1.807) is 31.2 Å². The molecule has 1 heterocycles. The van der Waals surface area contributed by atoms with Crippen LogP contribution in [0.5, 0.6) is 5.75 Å². The molecule has 1 aromatic carbocycles. The maximum absolute atomic E-state index is 11.3. The summed E-state index contributed by atoms with van der Waals surface area (Å²) in [6.07, 6.45) is -0.611. The van der Waals surface area contributed by atoms with Crippen molar-refractivity contribution < 1.29 is 19.4 Å². The van der Waals surface area contributed by atoms with Crippen LogP contribution in [-0.2, 0) is 4.79 Å². The van der Waals surface area contributed by atoms with Crippen molar-refractivity contribution in [1.82, 2.24) is 9.80 Å². The number of aliphatic hydroxyl groups is 1. The number of nitrogens with zero attached hydrogens (tertiary/aromatic N) is 2. The topological polar surface area (TPSA) is 70.1 Å². The maximum Gasteiger partial charge on any atom is 0.219 e. The number of β-amino-alcohol motifs (C(OH)–C–C–N with tert-alkyl or cyclic N) is 1. The second-order valence-electron chi connectivity index (χ2n) is 5.86. The van der Waals surface area contributed by atoms with E-state index in [1.165, 1.54) is 6.92 Å². The summed E-state index contributed by atoms with van der Waals surface area (Å²) in [5.41, 5.74) is 0.595. The molecular formula is C17H24N2O4. The molecule has 0 radical (unpaired) electrons.